The van der Waals surface area contributed by atoms with Crippen molar-refractivity contribution in [3.05, 3.63) is 30.1 Å². The zero-order valence-electron chi connectivity index (χ0n) is 10.4. The van der Waals surface area contributed by atoms with E-state index in [-0.39, 0.29) is 5.54 Å². The highest BCUT2D eigenvalue weighted by Gasteiger charge is 2.25. The van der Waals surface area contributed by atoms with Gasteiger partial charge in [0.15, 0.2) is 0 Å². The minimum atomic E-state index is -0.0947. The lowest BCUT2D eigenvalue weighted by Crippen LogP contribution is -2.38. The zero-order valence-corrected chi connectivity index (χ0v) is 10.4. The molecule has 0 aliphatic carbocycles. The van der Waals surface area contributed by atoms with Gasteiger partial charge in [-0.1, -0.05) is 19.1 Å². The Morgan fingerprint density at radius 2 is 2.00 bits per heavy atom. The minimum absolute atomic E-state index is 0.0947. The van der Waals surface area contributed by atoms with E-state index in [4.69, 9.17) is 4.98 Å². The Hall–Kier alpha value is -1.35. The van der Waals surface area contributed by atoms with Gasteiger partial charge in [-0.3, -0.25) is 0 Å². The predicted molar refractivity (Wildman–Crippen MR) is 67.4 cm³/mol. The van der Waals surface area contributed by atoms with Crippen LogP contribution in [0, 0.1) is 0 Å². The average molecular weight is 217 g/mol. The van der Waals surface area contributed by atoms with Crippen molar-refractivity contribution in [2.45, 2.75) is 26.3 Å². The predicted octanol–water partition coefficient (Wildman–Crippen LogP) is 2.42. The van der Waals surface area contributed by atoms with E-state index in [1.165, 1.54) is 5.52 Å². The van der Waals surface area contributed by atoms with Crippen molar-refractivity contribution < 1.29 is 0 Å². The number of aryl methyl sites for hydroxylation is 1. The molecule has 0 bridgehead atoms. The fraction of sp³-hybridized carbons (Fsp3) is 0.462. The number of aromatic nitrogens is 2. The normalized spacial score (nSPS) is 12.2. The van der Waals surface area contributed by atoms with Crippen molar-refractivity contribution in [2.75, 3.05) is 6.54 Å². The van der Waals surface area contributed by atoms with E-state index >= 15 is 0 Å². The van der Waals surface area contributed by atoms with E-state index in [1.54, 1.807) is 0 Å². The highest BCUT2D eigenvalue weighted by molar-refractivity contribution is 5.76. The third-order valence-electron chi connectivity index (χ3n) is 2.96. The van der Waals surface area contributed by atoms with Crippen LogP contribution in [0.4, 0.5) is 0 Å². The van der Waals surface area contributed by atoms with E-state index in [2.05, 4.69) is 49.8 Å². The summed E-state index contributed by atoms with van der Waals surface area (Å²) in [6.45, 7) is 7.38. The molecule has 0 aliphatic heterocycles. The molecule has 0 saturated heterocycles. The summed E-state index contributed by atoms with van der Waals surface area (Å²) in [7, 11) is 2.07. The molecule has 0 aliphatic rings. The Morgan fingerprint density at radius 1 is 1.31 bits per heavy atom. The number of para-hydroxylation sites is 2. The molecule has 0 saturated carbocycles. The maximum Gasteiger partial charge on any atom is 0.129 e. The van der Waals surface area contributed by atoms with E-state index < -0.39 is 0 Å². The number of hydrogen-bond acceptors (Lipinski definition) is 2. The van der Waals surface area contributed by atoms with Crippen LogP contribution < -0.4 is 5.32 Å². The molecular formula is C13H19N3. The number of nitrogens with zero attached hydrogens (tertiary/aromatic N) is 2. The van der Waals surface area contributed by atoms with Gasteiger partial charge < -0.3 is 9.88 Å². The van der Waals surface area contributed by atoms with E-state index in [9.17, 15) is 0 Å². The fourth-order valence-corrected chi connectivity index (χ4v) is 2.23. The largest absolute Gasteiger partial charge is 0.330 e. The first-order valence-electron chi connectivity index (χ1n) is 5.73. The molecule has 0 spiro atoms. The van der Waals surface area contributed by atoms with Gasteiger partial charge in [-0.15, -0.1) is 0 Å². The molecule has 0 radical (unpaired) electrons. The van der Waals surface area contributed by atoms with Crippen molar-refractivity contribution in [1.82, 2.24) is 14.9 Å². The van der Waals surface area contributed by atoms with E-state index in [1.807, 2.05) is 12.1 Å². The summed E-state index contributed by atoms with van der Waals surface area (Å²) in [6.07, 6.45) is 0. The molecule has 3 heteroatoms. The lowest BCUT2D eigenvalue weighted by Gasteiger charge is -2.25. The first-order chi connectivity index (χ1) is 7.56. The molecule has 2 aromatic rings. The maximum absolute atomic E-state index is 4.70. The average Bonchev–Trinajstić information content (AvgIpc) is 2.58. The number of imidazole rings is 1. The molecule has 2 rings (SSSR count). The molecule has 0 fully saturated rings. The van der Waals surface area contributed by atoms with Gasteiger partial charge >= 0.3 is 0 Å². The van der Waals surface area contributed by atoms with Crippen LogP contribution in [0.15, 0.2) is 24.3 Å². The van der Waals surface area contributed by atoms with Crippen LogP contribution in [0.25, 0.3) is 11.0 Å². The van der Waals surface area contributed by atoms with Gasteiger partial charge in [0.05, 0.1) is 16.6 Å². The summed E-state index contributed by atoms with van der Waals surface area (Å²) >= 11 is 0. The van der Waals surface area contributed by atoms with Gasteiger partial charge in [0.2, 0.25) is 0 Å². The highest BCUT2D eigenvalue weighted by atomic mass is 15.1. The Bertz CT molecular complexity index is 497. The van der Waals surface area contributed by atoms with E-state index in [0.717, 1.165) is 17.9 Å². The minimum Gasteiger partial charge on any atom is -0.330 e. The number of fused-ring (bicyclic) bond motifs is 1. The third kappa shape index (κ3) is 1.71. The van der Waals surface area contributed by atoms with Crippen LogP contribution in [-0.4, -0.2) is 16.1 Å². The van der Waals surface area contributed by atoms with E-state index in [0.29, 0.717) is 0 Å². The quantitative estimate of drug-likeness (QED) is 0.855. The van der Waals surface area contributed by atoms with Gasteiger partial charge in [-0.05, 0) is 32.5 Å². The SMILES string of the molecule is CCNC(C)(C)c1nc2ccccc2n1C. The highest BCUT2D eigenvalue weighted by Crippen LogP contribution is 2.23. The van der Waals surface area contributed by atoms with Crippen LogP contribution in [0.2, 0.25) is 0 Å². The van der Waals surface area contributed by atoms with Crippen molar-refractivity contribution >= 4 is 11.0 Å². The molecule has 0 unspecified atom stereocenters. The van der Waals surface area contributed by atoms with Gasteiger partial charge in [0.1, 0.15) is 5.82 Å². The first-order valence-corrected chi connectivity index (χ1v) is 5.73. The van der Waals surface area contributed by atoms with Gasteiger partial charge in [0, 0.05) is 7.05 Å². The second-order valence-corrected chi connectivity index (χ2v) is 4.64. The van der Waals surface area contributed by atoms with Gasteiger partial charge in [-0.2, -0.15) is 0 Å². The fourth-order valence-electron chi connectivity index (χ4n) is 2.23. The smallest absolute Gasteiger partial charge is 0.129 e. The zero-order chi connectivity index (χ0) is 11.8. The van der Waals surface area contributed by atoms with Gasteiger partial charge in [0.25, 0.3) is 0 Å². The Kier molecular flexibility index (Phi) is 2.72. The topological polar surface area (TPSA) is 29.9 Å². The van der Waals surface area contributed by atoms with Crippen LogP contribution >= 0.6 is 0 Å². The second kappa shape index (κ2) is 3.91. The molecule has 1 aromatic carbocycles. The number of hydrogen-bond donors (Lipinski definition) is 1. The van der Waals surface area contributed by atoms with Gasteiger partial charge in [-0.25, -0.2) is 4.98 Å². The Labute approximate surface area is 96.5 Å². The number of rotatable bonds is 3. The molecular weight excluding hydrogens is 198 g/mol. The van der Waals surface area contributed by atoms with Crippen molar-refractivity contribution in [3.8, 4) is 0 Å². The van der Waals surface area contributed by atoms with Crippen LogP contribution in [0.3, 0.4) is 0 Å². The summed E-state index contributed by atoms with van der Waals surface area (Å²) < 4.78 is 2.16. The number of nitrogens with one attached hydrogen (secondary N) is 1. The van der Waals surface area contributed by atoms with Crippen LogP contribution in [0.5, 0.6) is 0 Å². The first kappa shape index (κ1) is 11.1. The maximum atomic E-state index is 4.70. The van der Waals surface area contributed by atoms with Crippen molar-refractivity contribution in [1.29, 1.82) is 0 Å². The van der Waals surface area contributed by atoms with Crippen LogP contribution in [-0.2, 0) is 12.6 Å². The second-order valence-electron chi connectivity index (χ2n) is 4.64. The molecule has 86 valence electrons. The molecule has 0 amide bonds. The molecule has 0 atom stereocenters. The van der Waals surface area contributed by atoms with Crippen molar-refractivity contribution in [2.24, 2.45) is 7.05 Å². The summed E-state index contributed by atoms with van der Waals surface area (Å²) in [6, 6.07) is 8.24. The molecule has 1 aromatic heterocycles. The summed E-state index contributed by atoms with van der Waals surface area (Å²) in [5.74, 6) is 1.08. The molecule has 1 heterocycles. The Morgan fingerprint density at radius 3 is 2.62 bits per heavy atom. The third-order valence-corrected chi connectivity index (χ3v) is 2.96. The summed E-state index contributed by atoms with van der Waals surface area (Å²) in [4.78, 5) is 4.70. The molecule has 16 heavy (non-hydrogen) atoms. The number of benzene rings is 1. The lowest BCUT2D eigenvalue weighted by atomic mass is 10.1. The Balaban J connectivity index is 2.57. The summed E-state index contributed by atoms with van der Waals surface area (Å²) in [5.41, 5.74) is 2.15. The summed E-state index contributed by atoms with van der Waals surface area (Å²) in [5, 5.41) is 3.46. The van der Waals surface area contributed by atoms with Crippen LogP contribution in [0.1, 0.15) is 26.6 Å². The lowest BCUT2D eigenvalue weighted by molar-refractivity contribution is 0.383. The monoisotopic (exact) mass is 217 g/mol. The molecule has 3 nitrogen and oxygen atoms in total. The standard InChI is InChI=1S/C13H19N3/c1-5-14-13(2,3)12-15-10-8-6-7-9-11(10)16(12)4/h6-9,14H,5H2,1-4H3. The molecule has 1 N–H and O–H groups in total. The van der Waals surface area contributed by atoms with Crippen molar-refractivity contribution in [3.63, 3.8) is 0 Å².